The van der Waals surface area contributed by atoms with Crippen molar-refractivity contribution in [1.82, 2.24) is 10.2 Å². The van der Waals surface area contributed by atoms with Gasteiger partial charge < -0.3 is 15.3 Å². The second-order valence-electron chi connectivity index (χ2n) is 5.95. The molecule has 2 amide bonds. The standard InChI is InChI=1S/C16H19FN2O3/c17-13-3-1-2-12-11(13)4-5-14(12)18-16(22)19-8-6-10(7-9-19)15(20)21/h1-3,10,14H,4-9H2,(H,18,22)(H,20,21). The number of aliphatic carboxylic acids is 1. The van der Waals surface area contributed by atoms with Crippen LogP contribution in [0.2, 0.25) is 0 Å². The predicted octanol–water partition coefficient (Wildman–Crippen LogP) is 2.32. The number of fused-ring (bicyclic) bond motifs is 1. The molecule has 5 nitrogen and oxygen atoms in total. The maximum Gasteiger partial charge on any atom is 0.317 e. The molecule has 1 aliphatic carbocycles. The summed E-state index contributed by atoms with van der Waals surface area (Å²) in [6.45, 7) is 0.900. The summed E-state index contributed by atoms with van der Waals surface area (Å²) >= 11 is 0. The van der Waals surface area contributed by atoms with E-state index in [9.17, 15) is 14.0 Å². The molecule has 0 aromatic heterocycles. The van der Waals surface area contributed by atoms with Crippen LogP contribution in [-0.2, 0) is 11.2 Å². The number of rotatable bonds is 2. The molecule has 2 N–H and O–H groups in total. The summed E-state index contributed by atoms with van der Waals surface area (Å²) in [6.07, 6.45) is 2.30. The number of piperidine rings is 1. The van der Waals surface area contributed by atoms with Gasteiger partial charge >= 0.3 is 12.0 Å². The first kappa shape index (κ1) is 14.8. The Kier molecular flexibility index (Phi) is 4.00. The fourth-order valence-corrected chi connectivity index (χ4v) is 3.33. The Hall–Kier alpha value is -2.11. The fourth-order valence-electron chi connectivity index (χ4n) is 3.33. The summed E-state index contributed by atoms with van der Waals surface area (Å²) in [5, 5.41) is 11.9. The van der Waals surface area contributed by atoms with E-state index in [4.69, 9.17) is 5.11 Å². The van der Waals surface area contributed by atoms with E-state index >= 15 is 0 Å². The molecule has 0 spiro atoms. The minimum absolute atomic E-state index is 0.157. The number of nitrogens with zero attached hydrogens (tertiary/aromatic N) is 1. The second-order valence-corrected chi connectivity index (χ2v) is 5.95. The summed E-state index contributed by atoms with van der Waals surface area (Å²) in [5.74, 6) is -1.36. The highest BCUT2D eigenvalue weighted by Gasteiger charge is 2.30. The van der Waals surface area contributed by atoms with Gasteiger partial charge in [0, 0.05) is 13.1 Å². The first-order chi connectivity index (χ1) is 10.6. The van der Waals surface area contributed by atoms with Gasteiger partial charge in [-0.25, -0.2) is 9.18 Å². The van der Waals surface area contributed by atoms with Crippen LogP contribution in [0.3, 0.4) is 0 Å². The van der Waals surface area contributed by atoms with Crippen molar-refractivity contribution < 1.29 is 19.1 Å². The van der Waals surface area contributed by atoms with Crippen molar-refractivity contribution in [2.75, 3.05) is 13.1 Å². The molecule has 1 aromatic carbocycles. The molecular weight excluding hydrogens is 287 g/mol. The van der Waals surface area contributed by atoms with E-state index in [1.807, 2.05) is 6.07 Å². The van der Waals surface area contributed by atoms with E-state index < -0.39 is 5.97 Å². The van der Waals surface area contributed by atoms with Gasteiger partial charge in [0.05, 0.1) is 12.0 Å². The highest BCUT2D eigenvalue weighted by Crippen LogP contribution is 2.32. The smallest absolute Gasteiger partial charge is 0.317 e. The Labute approximate surface area is 128 Å². The largest absolute Gasteiger partial charge is 0.481 e. The van der Waals surface area contributed by atoms with Gasteiger partial charge in [-0.1, -0.05) is 12.1 Å². The number of hydrogen-bond acceptors (Lipinski definition) is 2. The number of carbonyl (C=O) groups excluding carboxylic acids is 1. The van der Waals surface area contributed by atoms with Crippen LogP contribution in [0, 0.1) is 11.7 Å². The molecule has 22 heavy (non-hydrogen) atoms. The SMILES string of the molecule is O=C(O)C1CCN(C(=O)NC2CCc3c(F)cccc32)CC1. The molecule has 1 aliphatic heterocycles. The average Bonchev–Trinajstić information content (AvgIpc) is 2.92. The second kappa shape index (κ2) is 5.94. The molecule has 0 radical (unpaired) electrons. The zero-order valence-electron chi connectivity index (χ0n) is 12.2. The first-order valence-electron chi connectivity index (χ1n) is 7.62. The van der Waals surface area contributed by atoms with Gasteiger partial charge in [0.15, 0.2) is 0 Å². The third-order valence-corrected chi connectivity index (χ3v) is 4.64. The quantitative estimate of drug-likeness (QED) is 0.881. The van der Waals surface area contributed by atoms with Crippen molar-refractivity contribution in [3.8, 4) is 0 Å². The Morgan fingerprint density at radius 3 is 2.64 bits per heavy atom. The molecule has 0 saturated carbocycles. The van der Waals surface area contributed by atoms with Crippen molar-refractivity contribution in [3.05, 3.63) is 35.1 Å². The van der Waals surface area contributed by atoms with Crippen molar-refractivity contribution in [3.63, 3.8) is 0 Å². The topological polar surface area (TPSA) is 69.6 Å². The highest BCUT2D eigenvalue weighted by atomic mass is 19.1. The van der Waals surface area contributed by atoms with Crippen LogP contribution in [-0.4, -0.2) is 35.1 Å². The normalized spacial score (nSPS) is 21.5. The summed E-state index contributed by atoms with van der Waals surface area (Å²) in [7, 11) is 0. The maximum atomic E-state index is 13.7. The third kappa shape index (κ3) is 2.77. The summed E-state index contributed by atoms with van der Waals surface area (Å²) in [5.41, 5.74) is 1.55. The van der Waals surface area contributed by atoms with E-state index in [1.165, 1.54) is 6.07 Å². The predicted molar refractivity (Wildman–Crippen MR) is 77.9 cm³/mol. The molecule has 0 bridgehead atoms. The summed E-state index contributed by atoms with van der Waals surface area (Å²) < 4.78 is 13.7. The van der Waals surface area contributed by atoms with Crippen LogP contribution in [0.25, 0.3) is 0 Å². The zero-order chi connectivity index (χ0) is 15.7. The summed E-state index contributed by atoms with van der Waals surface area (Å²) in [4.78, 5) is 24.9. The number of carboxylic acids is 1. The molecule has 2 aliphatic rings. The molecule has 1 fully saturated rings. The molecule has 1 saturated heterocycles. The molecule has 6 heteroatoms. The highest BCUT2D eigenvalue weighted by molar-refractivity contribution is 5.76. The maximum absolute atomic E-state index is 13.7. The van der Waals surface area contributed by atoms with Gasteiger partial charge in [-0.3, -0.25) is 4.79 Å². The van der Waals surface area contributed by atoms with Gasteiger partial charge in [0.25, 0.3) is 0 Å². The number of carboxylic acid groups (broad SMARTS) is 1. The Bertz CT molecular complexity index is 597. The van der Waals surface area contributed by atoms with Crippen LogP contribution >= 0.6 is 0 Å². The Morgan fingerprint density at radius 2 is 1.95 bits per heavy atom. The lowest BCUT2D eigenvalue weighted by molar-refractivity contribution is -0.143. The number of nitrogens with one attached hydrogen (secondary N) is 1. The Morgan fingerprint density at radius 1 is 1.23 bits per heavy atom. The van der Waals surface area contributed by atoms with Crippen molar-refractivity contribution in [1.29, 1.82) is 0 Å². The van der Waals surface area contributed by atoms with Gasteiger partial charge in [0.1, 0.15) is 5.82 Å². The third-order valence-electron chi connectivity index (χ3n) is 4.64. The number of urea groups is 1. The van der Waals surface area contributed by atoms with Crippen LogP contribution in [0.5, 0.6) is 0 Å². The number of carbonyl (C=O) groups is 2. The fraction of sp³-hybridized carbons (Fsp3) is 0.500. The molecule has 1 heterocycles. The van der Waals surface area contributed by atoms with Gasteiger partial charge in [-0.2, -0.15) is 0 Å². The number of benzene rings is 1. The lowest BCUT2D eigenvalue weighted by Gasteiger charge is -2.31. The molecule has 1 atom stereocenters. The number of halogens is 1. The van der Waals surface area contributed by atoms with Gasteiger partial charge in [0.2, 0.25) is 0 Å². The molecule has 3 rings (SSSR count). The number of hydrogen-bond donors (Lipinski definition) is 2. The van der Waals surface area contributed by atoms with E-state index in [1.54, 1.807) is 11.0 Å². The van der Waals surface area contributed by atoms with Crippen LogP contribution in [0.1, 0.15) is 36.4 Å². The number of amides is 2. The molecule has 1 aromatic rings. The summed E-state index contributed by atoms with van der Waals surface area (Å²) in [6, 6.07) is 4.62. The Balaban J connectivity index is 1.60. The van der Waals surface area contributed by atoms with Crippen molar-refractivity contribution in [2.45, 2.75) is 31.7 Å². The van der Waals surface area contributed by atoms with Crippen molar-refractivity contribution in [2.24, 2.45) is 5.92 Å². The zero-order valence-corrected chi connectivity index (χ0v) is 12.2. The molecule has 1 unspecified atom stereocenters. The van der Waals surface area contributed by atoms with Crippen LogP contribution in [0.15, 0.2) is 18.2 Å². The van der Waals surface area contributed by atoms with Crippen LogP contribution in [0.4, 0.5) is 9.18 Å². The van der Waals surface area contributed by atoms with Gasteiger partial charge in [-0.05, 0) is 42.9 Å². The minimum Gasteiger partial charge on any atom is -0.481 e. The monoisotopic (exact) mass is 306 g/mol. The average molecular weight is 306 g/mol. The van der Waals surface area contributed by atoms with E-state index in [-0.39, 0.29) is 23.8 Å². The first-order valence-corrected chi connectivity index (χ1v) is 7.62. The molecule has 118 valence electrons. The number of likely N-dealkylation sites (tertiary alicyclic amines) is 1. The van der Waals surface area contributed by atoms with E-state index in [0.717, 1.165) is 5.56 Å². The van der Waals surface area contributed by atoms with Gasteiger partial charge in [-0.15, -0.1) is 0 Å². The minimum atomic E-state index is -0.791. The van der Waals surface area contributed by atoms with E-state index in [2.05, 4.69) is 5.32 Å². The lowest BCUT2D eigenvalue weighted by Crippen LogP contribution is -2.46. The van der Waals surface area contributed by atoms with Crippen LogP contribution < -0.4 is 5.32 Å². The lowest BCUT2D eigenvalue weighted by atomic mass is 9.97. The molecular formula is C16H19FN2O3. The van der Waals surface area contributed by atoms with Crippen molar-refractivity contribution >= 4 is 12.0 Å². The van der Waals surface area contributed by atoms with E-state index in [0.29, 0.717) is 44.3 Å².